The third kappa shape index (κ3) is 4.76. The first-order valence-electron chi connectivity index (χ1n) is 11.4. The molecule has 2 amide bonds. The number of hydrogen-bond donors (Lipinski definition) is 1. The summed E-state index contributed by atoms with van der Waals surface area (Å²) >= 11 is 0. The van der Waals surface area contributed by atoms with E-state index < -0.39 is 6.04 Å². The highest BCUT2D eigenvalue weighted by Crippen LogP contribution is 2.38. The molecular weight excluding hydrogens is 432 g/mol. The minimum atomic E-state index is -0.440. The second-order valence-corrected chi connectivity index (χ2v) is 8.54. The number of methoxy groups -OCH3 is 1. The molecule has 0 fully saturated rings. The van der Waals surface area contributed by atoms with Gasteiger partial charge in [-0.2, -0.15) is 4.98 Å². The number of carbonyl (C=O) groups excluding carboxylic acids is 1. The molecule has 0 saturated heterocycles. The summed E-state index contributed by atoms with van der Waals surface area (Å²) in [4.78, 5) is 19.5. The molecule has 1 aliphatic rings. The van der Waals surface area contributed by atoms with Gasteiger partial charge in [0.15, 0.2) is 0 Å². The Morgan fingerprint density at radius 2 is 1.91 bits per heavy atom. The molecule has 0 spiro atoms. The Morgan fingerprint density at radius 3 is 2.59 bits per heavy atom. The van der Waals surface area contributed by atoms with Crippen molar-refractivity contribution in [3.8, 4) is 22.9 Å². The van der Waals surface area contributed by atoms with Crippen molar-refractivity contribution in [3.05, 3.63) is 65.7 Å². The van der Waals surface area contributed by atoms with Gasteiger partial charge in [-0.3, -0.25) is 4.90 Å². The number of nitrogens with one attached hydrogen (secondary N) is 1. The molecule has 1 aliphatic heterocycles. The Kier molecular flexibility index (Phi) is 6.86. The van der Waals surface area contributed by atoms with Crippen molar-refractivity contribution in [2.24, 2.45) is 5.92 Å². The summed E-state index contributed by atoms with van der Waals surface area (Å²) in [7, 11) is 1.62. The van der Waals surface area contributed by atoms with Crippen LogP contribution in [-0.2, 0) is 0 Å². The molecule has 4 rings (SSSR count). The van der Waals surface area contributed by atoms with Crippen molar-refractivity contribution in [1.29, 1.82) is 0 Å². The van der Waals surface area contributed by atoms with Crippen molar-refractivity contribution in [3.63, 3.8) is 0 Å². The minimum Gasteiger partial charge on any atom is -0.497 e. The fraction of sp³-hybridized carbons (Fsp3) is 0.346. The van der Waals surface area contributed by atoms with Crippen molar-refractivity contribution >= 4 is 11.6 Å². The topological polar surface area (TPSA) is 89.7 Å². The van der Waals surface area contributed by atoms with Gasteiger partial charge in [0.25, 0.3) is 5.89 Å². The lowest BCUT2D eigenvalue weighted by molar-refractivity contribution is 0.199. The summed E-state index contributed by atoms with van der Waals surface area (Å²) in [6.07, 6.45) is 0. The monoisotopic (exact) mass is 462 g/mol. The van der Waals surface area contributed by atoms with Gasteiger partial charge in [-0.25, -0.2) is 4.79 Å². The van der Waals surface area contributed by atoms with Gasteiger partial charge in [0.2, 0.25) is 5.82 Å². The van der Waals surface area contributed by atoms with E-state index in [1.54, 1.807) is 12.0 Å². The number of rotatable bonds is 8. The van der Waals surface area contributed by atoms with Crippen LogP contribution in [0.5, 0.6) is 11.5 Å². The molecule has 1 unspecified atom stereocenters. The normalized spacial score (nSPS) is 16.1. The maximum absolute atomic E-state index is 13.0. The van der Waals surface area contributed by atoms with E-state index in [1.807, 2.05) is 62.4 Å². The predicted octanol–water partition coefficient (Wildman–Crippen LogP) is 5.30. The molecule has 3 aromatic rings. The molecule has 0 radical (unpaired) electrons. The van der Waals surface area contributed by atoms with Gasteiger partial charge in [-0.1, -0.05) is 43.3 Å². The number of ether oxygens (including phenoxy) is 2. The van der Waals surface area contributed by atoms with Crippen LogP contribution in [0.2, 0.25) is 0 Å². The first kappa shape index (κ1) is 23.4. The number of carbonyl (C=O) groups is 1. The van der Waals surface area contributed by atoms with Crippen LogP contribution in [-0.4, -0.2) is 41.3 Å². The number of allylic oxidation sites excluding steroid dienone is 1. The molecule has 8 nitrogen and oxygen atoms in total. The number of nitrogens with zero attached hydrogens (tertiary/aromatic N) is 3. The Hall–Kier alpha value is -3.81. The summed E-state index contributed by atoms with van der Waals surface area (Å²) in [6.45, 7) is 9.18. The molecule has 8 heteroatoms. The Labute approximate surface area is 199 Å². The van der Waals surface area contributed by atoms with Gasteiger partial charge in [0.1, 0.15) is 11.5 Å². The van der Waals surface area contributed by atoms with Gasteiger partial charge in [-0.05, 0) is 49.6 Å². The summed E-state index contributed by atoms with van der Waals surface area (Å²) in [5.41, 5.74) is 3.24. The molecule has 2 heterocycles. The summed E-state index contributed by atoms with van der Waals surface area (Å²) in [5, 5.41) is 7.34. The Morgan fingerprint density at radius 1 is 1.15 bits per heavy atom. The summed E-state index contributed by atoms with van der Waals surface area (Å²) in [6, 6.07) is 14.6. The smallest absolute Gasteiger partial charge is 0.322 e. The lowest BCUT2D eigenvalue weighted by atomic mass is 9.94. The van der Waals surface area contributed by atoms with Crippen molar-refractivity contribution < 1.29 is 18.8 Å². The van der Waals surface area contributed by atoms with Gasteiger partial charge < -0.3 is 19.3 Å². The molecule has 1 N–H and O–H groups in total. The van der Waals surface area contributed by atoms with Gasteiger partial charge in [-0.15, -0.1) is 0 Å². The Balaban J connectivity index is 1.78. The van der Waals surface area contributed by atoms with Gasteiger partial charge in [0.05, 0.1) is 25.3 Å². The zero-order chi connectivity index (χ0) is 24.2. The lowest BCUT2D eigenvalue weighted by Gasteiger charge is -2.36. The summed E-state index contributed by atoms with van der Waals surface area (Å²) < 4.78 is 16.6. The molecule has 34 heavy (non-hydrogen) atoms. The quantitative estimate of drug-likeness (QED) is 0.489. The average molecular weight is 463 g/mol. The first-order valence-corrected chi connectivity index (χ1v) is 11.4. The van der Waals surface area contributed by atoms with Crippen LogP contribution in [0.1, 0.15) is 45.2 Å². The van der Waals surface area contributed by atoms with Crippen molar-refractivity contribution in [2.75, 3.05) is 20.3 Å². The van der Waals surface area contributed by atoms with E-state index >= 15 is 0 Å². The molecule has 0 aliphatic carbocycles. The lowest BCUT2D eigenvalue weighted by Crippen LogP contribution is -2.47. The summed E-state index contributed by atoms with van der Waals surface area (Å²) in [5.74, 6) is 2.59. The van der Waals surface area contributed by atoms with Crippen LogP contribution >= 0.6 is 0 Å². The number of benzene rings is 2. The van der Waals surface area contributed by atoms with E-state index in [4.69, 9.17) is 19.0 Å². The largest absolute Gasteiger partial charge is 0.497 e. The number of amides is 2. The SMILES string of the molecule is CCOc1ccc(C2NC(=O)N(CC(C)C)C(C)=C2c2nc(-c3cccc(OC)c3)no2)cc1. The molecule has 2 aromatic carbocycles. The second kappa shape index (κ2) is 9.99. The van der Waals surface area contributed by atoms with Crippen LogP contribution in [0.25, 0.3) is 17.0 Å². The minimum absolute atomic E-state index is 0.152. The van der Waals surface area contributed by atoms with Crippen molar-refractivity contribution in [1.82, 2.24) is 20.4 Å². The van der Waals surface area contributed by atoms with E-state index in [2.05, 4.69) is 24.3 Å². The number of aromatic nitrogens is 2. The molecular formula is C26H30N4O4. The van der Waals surface area contributed by atoms with E-state index in [1.165, 1.54) is 0 Å². The van der Waals surface area contributed by atoms with Crippen LogP contribution < -0.4 is 14.8 Å². The third-order valence-corrected chi connectivity index (χ3v) is 5.65. The Bertz CT molecular complexity index is 1180. The number of urea groups is 1. The highest BCUT2D eigenvalue weighted by molar-refractivity contribution is 5.87. The maximum atomic E-state index is 13.0. The zero-order valence-corrected chi connectivity index (χ0v) is 20.2. The molecule has 0 saturated carbocycles. The van der Waals surface area contributed by atoms with E-state index in [0.717, 1.165) is 28.1 Å². The molecule has 178 valence electrons. The fourth-order valence-corrected chi connectivity index (χ4v) is 4.03. The van der Waals surface area contributed by atoms with Gasteiger partial charge in [0, 0.05) is 17.8 Å². The van der Waals surface area contributed by atoms with Gasteiger partial charge >= 0.3 is 6.03 Å². The fourth-order valence-electron chi connectivity index (χ4n) is 4.03. The molecule has 0 bridgehead atoms. The van der Waals surface area contributed by atoms with E-state index in [-0.39, 0.29) is 6.03 Å². The molecule has 1 atom stereocenters. The van der Waals surface area contributed by atoms with E-state index in [9.17, 15) is 4.79 Å². The van der Waals surface area contributed by atoms with Crippen LogP contribution in [0.3, 0.4) is 0 Å². The maximum Gasteiger partial charge on any atom is 0.322 e. The van der Waals surface area contributed by atoms with Crippen LogP contribution in [0, 0.1) is 5.92 Å². The highest BCUT2D eigenvalue weighted by Gasteiger charge is 2.36. The first-order chi connectivity index (χ1) is 16.4. The van der Waals surface area contributed by atoms with Crippen molar-refractivity contribution in [2.45, 2.75) is 33.7 Å². The third-order valence-electron chi connectivity index (χ3n) is 5.65. The van der Waals surface area contributed by atoms with Crippen LogP contribution in [0.15, 0.2) is 58.8 Å². The standard InChI is InChI=1S/C26H30N4O4/c1-6-33-20-12-10-18(11-13-20)23-22(17(4)30(15-16(2)3)26(31)27-23)25-28-24(29-34-25)19-8-7-9-21(14-19)32-5/h7-14,16,23H,6,15H2,1-5H3,(H,27,31). The second-order valence-electron chi connectivity index (χ2n) is 8.54. The molecule has 1 aromatic heterocycles. The van der Waals surface area contributed by atoms with Crippen LogP contribution in [0.4, 0.5) is 4.79 Å². The average Bonchev–Trinajstić information content (AvgIpc) is 3.32. The number of hydrogen-bond acceptors (Lipinski definition) is 6. The van der Waals surface area contributed by atoms with E-state index in [0.29, 0.717) is 36.5 Å². The highest BCUT2D eigenvalue weighted by atomic mass is 16.5. The zero-order valence-electron chi connectivity index (χ0n) is 20.2. The predicted molar refractivity (Wildman–Crippen MR) is 129 cm³/mol.